The molecule has 0 radical (unpaired) electrons. The van der Waals surface area contributed by atoms with E-state index in [2.05, 4.69) is 25.8 Å². The number of nitrogens with zero attached hydrogens (tertiary/aromatic N) is 3. The Bertz CT molecular complexity index is 941. The molecule has 0 N–H and O–H groups in total. The van der Waals surface area contributed by atoms with Crippen LogP contribution in [-0.2, 0) is 33.4 Å². The quantitative estimate of drug-likeness (QED) is 0.460. The first-order valence-electron chi connectivity index (χ1n) is 12.4. The Balaban J connectivity index is 1.53. The summed E-state index contributed by atoms with van der Waals surface area (Å²) in [4.78, 5) is 18.0. The predicted octanol–water partition coefficient (Wildman–Crippen LogP) is 3.15. The van der Waals surface area contributed by atoms with Gasteiger partial charge in [-0.25, -0.2) is 0 Å². The first kappa shape index (κ1) is 26.2. The molecular weight excluding hydrogens is 463 g/mol. The van der Waals surface area contributed by atoms with Gasteiger partial charge in [-0.05, 0) is 44.7 Å². The molecule has 0 aromatic carbocycles. The van der Waals surface area contributed by atoms with E-state index >= 15 is 0 Å². The average molecular weight is 500 g/mol. The molecule has 7 nitrogen and oxygen atoms in total. The highest BCUT2D eigenvalue weighted by Crippen LogP contribution is 2.48. The molecule has 1 aromatic rings. The number of rotatable bonds is 5. The number of alkyl halides is 3. The summed E-state index contributed by atoms with van der Waals surface area (Å²) >= 11 is 0. The van der Waals surface area contributed by atoms with Crippen LogP contribution in [0.3, 0.4) is 0 Å². The van der Waals surface area contributed by atoms with Crippen molar-refractivity contribution < 1.29 is 32.2 Å². The maximum atomic E-state index is 14.0. The molecule has 3 heterocycles. The number of ether oxygens (including phenoxy) is 2. The highest BCUT2D eigenvalue weighted by Gasteiger charge is 2.51. The van der Waals surface area contributed by atoms with E-state index in [1.807, 2.05) is 0 Å². The van der Waals surface area contributed by atoms with Crippen molar-refractivity contribution in [3.05, 3.63) is 34.3 Å². The minimum Gasteiger partial charge on any atom is -0.618 e. The van der Waals surface area contributed by atoms with Gasteiger partial charge in [-0.2, -0.15) is 17.9 Å². The number of carbonyl (C=O) groups excluding carboxylic acids is 1. The zero-order valence-electron chi connectivity index (χ0n) is 20.9. The number of halogens is 3. The van der Waals surface area contributed by atoms with E-state index in [0.717, 1.165) is 25.3 Å². The number of carbonyl (C=O) groups is 1. The van der Waals surface area contributed by atoms with E-state index in [0.29, 0.717) is 42.8 Å². The van der Waals surface area contributed by atoms with Crippen LogP contribution in [0, 0.1) is 16.5 Å². The molecule has 196 valence electrons. The number of pyridine rings is 1. The Kier molecular flexibility index (Phi) is 7.37. The van der Waals surface area contributed by atoms with Crippen molar-refractivity contribution in [1.29, 1.82) is 0 Å². The van der Waals surface area contributed by atoms with E-state index in [1.54, 1.807) is 12.0 Å². The van der Waals surface area contributed by atoms with Crippen molar-refractivity contribution in [1.82, 2.24) is 9.80 Å². The molecular formula is C25H36F3N3O4. The maximum absolute atomic E-state index is 14.0. The molecule has 4 rings (SSSR count). The summed E-state index contributed by atoms with van der Waals surface area (Å²) in [5.41, 5.74) is -0.968. The molecule has 4 atom stereocenters. The van der Waals surface area contributed by atoms with Gasteiger partial charge in [0.15, 0.2) is 11.9 Å². The van der Waals surface area contributed by atoms with Crippen molar-refractivity contribution in [3.8, 4) is 0 Å². The Morgan fingerprint density at radius 1 is 1.37 bits per heavy atom. The third kappa shape index (κ3) is 4.89. The van der Waals surface area contributed by atoms with Crippen LogP contribution in [-0.4, -0.2) is 67.8 Å². The summed E-state index contributed by atoms with van der Waals surface area (Å²) in [6, 6.07) is 1.44. The summed E-state index contributed by atoms with van der Waals surface area (Å²) in [7, 11) is 3.79. The molecule has 1 saturated heterocycles. The third-order valence-corrected chi connectivity index (χ3v) is 8.54. The summed E-state index contributed by atoms with van der Waals surface area (Å²) in [6.45, 7) is 5.71. The lowest BCUT2D eigenvalue weighted by molar-refractivity contribution is -0.616. The molecule has 0 spiro atoms. The van der Waals surface area contributed by atoms with Gasteiger partial charge >= 0.3 is 6.18 Å². The van der Waals surface area contributed by atoms with Crippen LogP contribution in [0.15, 0.2) is 12.3 Å². The number of methoxy groups -OCH3 is 1. The monoisotopic (exact) mass is 499 g/mol. The van der Waals surface area contributed by atoms with Gasteiger partial charge in [-0.1, -0.05) is 13.8 Å². The fourth-order valence-corrected chi connectivity index (χ4v) is 6.25. The zero-order chi connectivity index (χ0) is 25.5. The normalized spacial score (nSPS) is 29.6. The Morgan fingerprint density at radius 2 is 2.11 bits per heavy atom. The van der Waals surface area contributed by atoms with Crippen LogP contribution in [0.4, 0.5) is 13.2 Å². The summed E-state index contributed by atoms with van der Waals surface area (Å²) < 4.78 is 51.4. The van der Waals surface area contributed by atoms with Gasteiger partial charge in [0.1, 0.15) is 5.56 Å². The van der Waals surface area contributed by atoms with E-state index in [4.69, 9.17) is 9.47 Å². The number of hydrogen-bond donors (Lipinski definition) is 0. The second kappa shape index (κ2) is 9.86. The molecule has 3 aliphatic rings. The molecule has 35 heavy (non-hydrogen) atoms. The molecule has 1 aromatic heterocycles. The Morgan fingerprint density at radius 3 is 2.77 bits per heavy atom. The van der Waals surface area contributed by atoms with Crippen molar-refractivity contribution in [3.63, 3.8) is 0 Å². The van der Waals surface area contributed by atoms with Crippen molar-refractivity contribution in [2.24, 2.45) is 11.3 Å². The molecule has 2 aliphatic heterocycles. The highest BCUT2D eigenvalue weighted by molar-refractivity contribution is 5.83. The topological polar surface area (TPSA) is 69.0 Å². The molecule has 10 heteroatoms. The fourth-order valence-electron chi connectivity index (χ4n) is 6.25. The molecule has 1 saturated carbocycles. The number of aromatic nitrogens is 1. The summed E-state index contributed by atoms with van der Waals surface area (Å²) in [5.74, 6) is 0.0628. The number of amides is 1. The minimum absolute atomic E-state index is 0.0146. The Hall–Kier alpha value is -1.91. The summed E-state index contributed by atoms with van der Waals surface area (Å²) in [5, 5.41) is 12.2. The lowest BCUT2D eigenvalue weighted by atomic mass is 9.73. The van der Waals surface area contributed by atoms with Crippen molar-refractivity contribution >= 4 is 5.91 Å². The molecule has 2 unspecified atom stereocenters. The second-order valence-corrected chi connectivity index (χ2v) is 10.6. The van der Waals surface area contributed by atoms with E-state index in [1.165, 1.54) is 0 Å². The molecule has 0 bridgehead atoms. The second-order valence-electron chi connectivity index (χ2n) is 10.6. The van der Waals surface area contributed by atoms with E-state index < -0.39 is 17.2 Å². The predicted molar refractivity (Wildman–Crippen MR) is 122 cm³/mol. The maximum Gasteiger partial charge on any atom is 0.422 e. The van der Waals surface area contributed by atoms with Gasteiger partial charge in [-0.15, -0.1) is 0 Å². The van der Waals surface area contributed by atoms with Gasteiger partial charge in [0.25, 0.3) is 0 Å². The first-order valence-corrected chi connectivity index (χ1v) is 12.4. The van der Waals surface area contributed by atoms with Crippen LogP contribution < -0.4 is 4.73 Å². The number of hydrogen-bond acceptors (Lipinski definition) is 5. The van der Waals surface area contributed by atoms with Gasteiger partial charge in [0.2, 0.25) is 5.91 Å². The lowest BCUT2D eigenvalue weighted by Crippen LogP contribution is -2.53. The minimum atomic E-state index is -4.61. The van der Waals surface area contributed by atoms with Crippen molar-refractivity contribution in [2.75, 3.05) is 33.9 Å². The Labute approximate surface area is 204 Å². The third-order valence-electron chi connectivity index (χ3n) is 8.54. The van der Waals surface area contributed by atoms with Gasteiger partial charge in [0.05, 0.1) is 31.1 Å². The lowest BCUT2D eigenvalue weighted by Gasteiger charge is -2.42. The fraction of sp³-hybridized carbons (Fsp3) is 0.760. The zero-order valence-corrected chi connectivity index (χ0v) is 20.9. The van der Waals surface area contributed by atoms with Crippen LogP contribution in [0.1, 0.15) is 56.4 Å². The van der Waals surface area contributed by atoms with E-state index in [-0.39, 0.29) is 48.5 Å². The van der Waals surface area contributed by atoms with Crippen LogP contribution in [0.5, 0.6) is 0 Å². The standard InChI is InChI=1S/C25H36F3N3O4/c1-16(2)24(8-5-19(12-24)29(3)21-7-10-35-15-22(21)34-4)23(32)30-9-6-20-17(13-30)11-18(14-31(20)33)25(26,27)28/h11,14,16,19,21-22H,5-10,12-13,15H2,1-4H3/t19-,21?,22?,24+/m1/s1. The molecule has 1 aliphatic carbocycles. The van der Waals surface area contributed by atoms with Gasteiger partial charge < -0.3 is 19.6 Å². The van der Waals surface area contributed by atoms with Gasteiger partial charge in [0, 0.05) is 37.9 Å². The van der Waals surface area contributed by atoms with E-state index in [9.17, 15) is 23.2 Å². The van der Waals surface area contributed by atoms with Crippen LogP contribution in [0.25, 0.3) is 0 Å². The highest BCUT2D eigenvalue weighted by atomic mass is 19.4. The van der Waals surface area contributed by atoms with Crippen LogP contribution >= 0.6 is 0 Å². The number of likely N-dealkylation sites (N-methyl/N-ethyl adjacent to an activating group) is 1. The molecule has 1 amide bonds. The van der Waals surface area contributed by atoms with Gasteiger partial charge in [-0.3, -0.25) is 9.69 Å². The van der Waals surface area contributed by atoms with Crippen molar-refractivity contribution in [2.45, 2.75) is 76.9 Å². The smallest absolute Gasteiger partial charge is 0.422 e. The van der Waals surface area contributed by atoms with Crippen LogP contribution in [0.2, 0.25) is 0 Å². The summed E-state index contributed by atoms with van der Waals surface area (Å²) in [6.07, 6.45) is -0.622. The first-order chi connectivity index (χ1) is 16.5. The average Bonchev–Trinajstić information content (AvgIpc) is 3.29. The molecule has 2 fully saturated rings. The SMILES string of the molecule is COC1COCCC1N(C)[C@@H]1CC[C@@](C(=O)N2CCc3c(cc(C(F)(F)F)c[n+]3[O-])C2)(C(C)C)C1. The largest absolute Gasteiger partial charge is 0.618 e. The number of fused-ring (bicyclic) bond motifs is 1.